The van der Waals surface area contributed by atoms with Crippen LogP contribution >= 0.6 is 0 Å². The molecular weight excluding hydrogens is 408 g/mol. The smallest absolute Gasteiger partial charge is 0.220 e. The van der Waals surface area contributed by atoms with E-state index in [1.807, 2.05) is 20.8 Å². The van der Waals surface area contributed by atoms with Crippen LogP contribution in [-0.4, -0.2) is 27.6 Å². The van der Waals surface area contributed by atoms with Crippen LogP contribution in [0.15, 0.2) is 80.7 Å². The molecule has 0 bridgehead atoms. The predicted octanol–water partition coefficient (Wildman–Crippen LogP) is 3.72. The van der Waals surface area contributed by atoms with E-state index in [1.54, 1.807) is 12.1 Å². The Labute approximate surface area is 171 Å². The minimum atomic E-state index is -4.47. The van der Waals surface area contributed by atoms with E-state index in [4.69, 9.17) is 0 Å². The molecule has 1 aliphatic heterocycles. The fourth-order valence-corrected chi connectivity index (χ4v) is 7.80. The van der Waals surface area contributed by atoms with Gasteiger partial charge in [0.05, 0.1) is 22.3 Å². The minimum Gasteiger partial charge on any atom is -0.220 e. The Balaban J connectivity index is 2.34. The molecule has 6 nitrogen and oxygen atoms in total. The lowest BCUT2D eigenvalue weighted by atomic mass is 9.96. The van der Waals surface area contributed by atoms with Crippen molar-refractivity contribution in [1.29, 1.82) is 0 Å². The van der Waals surface area contributed by atoms with Crippen molar-refractivity contribution in [2.75, 3.05) is 6.54 Å². The summed E-state index contributed by atoms with van der Waals surface area (Å²) in [4.78, 5) is -0.272. The highest BCUT2D eigenvalue weighted by molar-refractivity contribution is 8.10. The van der Waals surface area contributed by atoms with Gasteiger partial charge in [0.15, 0.2) is 0 Å². The third kappa shape index (κ3) is 3.61. The number of hydrogen-bond acceptors (Lipinski definition) is 6. The van der Waals surface area contributed by atoms with Crippen LogP contribution < -0.4 is 0 Å². The first-order valence-electron chi connectivity index (χ1n) is 9.03. The van der Waals surface area contributed by atoms with Crippen molar-refractivity contribution in [1.82, 2.24) is 0 Å². The molecule has 29 heavy (non-hydrogen) atoms. The van der Waals surface area contributed by atoms with Gasteiger partial charge in [-0.2, -0.15) is 10.2 Å². The van der Waals surface area contributed by atoms with E-state index in [1.165, 1.54) is 48.5 Å². The molecule has 0 spiro atoms. The molecule has 0 radical (unpaired) electrons. The molecule has 8 heteroatoms. The highest BCUT2D eigenvalue weighted by Gasteiger charge is 2.64. The van der Waals surface area contributed by atoms with Gasteiger partial charge in [0.1, 0.15) is 0 Å². The normalized spacial score (nSPS) is 18.8. The molecule has 1 heterocycles. The number of benzene rings is 2. The van der Waals surface area contributed by atoms with Crippen LogP contribution in [0.4, 0.5) is 0 Å². The second kappa shape index (κ2) is 7.39. The monoisotopic (exact) mass is 430 g/mol. The maximum atomic E-state index is 13.7. The van der Waals surface area contributed by atoms with Crippen LogP contribution in [0.1, 0.15) is 20.8 Å². The molecule has 0 fully saturated rings. The molecule has 0 aliphatic carbocycles. The van der Waals surface area contributed by atoms with E-state index in [0.717, 1.165) is 0 Å². The predicted molar refractivity (Wildman–Crippen MR) is 110 cm³/mol. The van der Waals surface area contributed by atoms with Crippen LogP contribution in [0.5, 0.6) is 0 Å². The number of hydrogen-bond donors (Lipinski definition) is 0. The van der Waals surface area contributed by atoms with Gasteiger partial charge in [0, 0.05) is 5.41 Å². The van der Waals surface area contributed by atoms with Crippen molar-refractivity contribution < 1.29 is 16.8 Å². The van der Waals surface area contributed by atoms with Gasteiger partial charge in [-0.15, -0.1) is 0 Å². The Morgan fingerprint density at radius 1 is 0.862 bits per heavy atom. The zero-order valence-corrected chi connectivity index (χ0v) is 18.0. The maximum Gasteiger partial charge on any atom is 0.304 e. The summed E-state index contributed by atoms with van der Waals surface area (Å²) in [7, 11) is -8.95. The average molecular weight is 431 g/mol. The van der Waals surface area contributed by atoms with Crippen LogP contribution in [0.25, 0.3) is 0 Å². The first-order chi connectivity index (χ1) is 13.5. The van der Waals surface area contributed by atoms with Crippen molar-refractivity contribution in [2.24, 2.45) is 21.6 Å². The van der Waals surface area contributed by atoms with Gasteiger partial charge in [-0.25, -0.2) is 16.8 Å². The lowest BCUT2D eigenvalue weighted by Gasteiger charge is -2.28. The lowest BCUT2D eigenvalue weighted by molar-refractivity contribution is 0.516. The van der Waals surface area contributed by atoms with Crippen molar-refractivity contribution in [2.45, 2.75) is 34.8 Å². The Hall–Kier alpha value is -2.50. The number of sulfone groups is 2. The van der Waals surface area contributed by atoms with E-state index >= 15 is 0 Å². The third-order valence-electron chi connectivity index (χ3n) is 4.41. The maximum absolute atomic E-state index is 13.7. The summed E-state index contributed by atoms with van der Waals surface area (Å²) >= 11 is 0. The first kappa shape index (κ1) is 21.2. The summed E-state index contributed by atoms with van der Waals surface area (Å²) in [6.45, 7) is 5.48. The molecule has 3 rings (SSSR count). The zero-order chi connectivity index (χ0) is 21.3. The molecule has 2 aromatic carbocycles. The molecule has 0 aromatic heterocycles. The van der Waals surface area contributed by atoms with Crippen LogP contribution in [0.3, 0.4) is 0 Å². The van der Waals surface area contributed by atoms with Crippen molar-refractivity contribution in [3.05, 3.63) is 60.7 Å². The topological polar surface area (TPSA) is 93.0 Å². The lowest BCUT2D eigenvalue weighted by Crippen LogP contribution is -2.49. The second-order valence-electron chi connectivity index (χ2n) is 7.76. The minimum absolute atomic E-state index is 0.110. The van der Waals surface area contributed by atoms with Crippen LogP contribution in [-0.2, 0) is 19.7 Å². The van der Waals surface area contributed by atoms with Crippen molar-refractivity contribution in [3.63, 3.8) is 0 Å². The summed E-state index contributed by atoms with van der Waals surface area (Å²) in [6, 6.07) is 14.9. The Morgan fingerprint density at radius 2 is 1.31 bits per heavy atom. The second-order valence-corrected chi connectivity index (χ2v) is 12.2. The third-order valence-corrected chi connectivity index (χ3v) is 9.79. The van der Waals surface area contributed by atoms with Gasteiger partial charge >= 0.3 is 4.20 Å². The fourth-order valence-electron chi connectivity index (χ4n) is 3.01. The Morgan fingerprint density at radius 3 is 1.72 bits per heavy atom. The number of azo groups is 1. The van der Waals surface area contributed by atoms with E-state index in [2.05, 4.69) is 22.1 Å². The molecule has 0 saturated carbocycles. The highest BCUT2D eigenvalue weighted by Crippen LogP contribution is 2.45. The fraction of sp³-hybridized carbons (Fsp3) is 0.333. The molecular formula is C21H22N2O4S2. The standard InChI is InChI=1S/C21H22N2O4S2/c1-20(2,3)15-14-17-16-22-23-21(17,28(24,25)18-10-6-4-7-11-18)29(26,27)19-12-8-5-9-13-19/h4-13,17H,16H2,1-3H3. The molecule has 2 aromatic rings. The van der Waals surface area contributed by atoms with E-state index in [-0.39, 0.29) is 16.3 Å². The van der Waals surface area contributed by atoms with Gasteiger partial charge in [0.2, 0.25) is 19.7 Å². The first-order valence-corrected chi connectivity index (χ1v) is 12.0. The van der Waals surface area contributed by atoms with E-state index < -0.39 is 35.2 Å². The molecule has 1 atom stereocenters. The van der Waals surface area contributed by atoms with E-state index in [9.17, 15) is 16.8 Å². The molecule has 152 valence electrons. The van der Waals surface area contributed by atoms with Crippen molar-refractivity contribution >= 4 is 19.7 Å². The molecule has 0 amide bonds. The zero-order valence-electron chi connectivity index (χ0n) is 16.4. The average Bonchev–Trinajstić information content (AvgIpc) is 3.13. The molecule has 0 N–H and O–H groups in total. The molecule has 1 unspecified atom stereocenters. The van der Waals surface area contributed by atoms with Crippen molar-refractivity contribution in [3.8, 4) is 11.8 Å². The summed E-state index contributed by atoms with van der Waals surface area (Å²) in [5.74, 6) is 4.71. The Bertz CT molecular complexity index is 1120. The molecule has 0 saturated heterocycles. The largest absolute Gasteiger partial charge is 0.304 e. The Kier molecular flexibility index (Phi) is 5.41. The summed E-state index contributed by atoms with van der Waals surface area (Å²) in [5, 5.41) is 7.76. The SMILES string of the molecule is CC(C)(C)C#CC1CN=NC1(S(=O)(=O)c1ccccc1)S(=O)(=O)c1ccccc1. The van der Waals surface area contributed by atoms with Crippen LogP contribution in [0.2, 0.25) is 0 Å². The van der Waals surface area contributed by atoms with Gasteiger partial charge in [-0.1, -0.05) is 48.2 Å². The quantitative estimate of drug-likeness (QED) is 0.691. The number of nitrogens with zero attached hydrogens (tertiary/aromatic N) is 2. The van der Waals surface area contributed by atoms with Gasteiger partial charge in [-0.05, 0) is 45.0 Å². The van der Waals surface area contributed by atoms with Crippen LogP contribution in [0, 0.1) is 23.2 Å². The summed E-state index contributed by atoms with van der Waals surface area (Å²) in [6.07, 6.45) is 0. The highest BCUT2D eigenvalue weighted by atomic mass is 32.3. The summed E-state index contributed by atoms with van der Waals surface area (Å²) in [5.41, 5.74) is -0.443. The van der Waals surface area contributed by atoms with Gasteiger partial charge < -0.3 is 0 Å². The van der Waals surface area contributed by atoms with Gasteiger partial charge in [-0.3, -0.25) is 0 Å². The number of rotatable bonds is 4. The molecule has 1 aliphatic rings. The summed E-state index contributed by atoms with van der Waals surface area (Å²) < 4.78 is 52.3. The van der Waals surface area contributed by atoms with E-state index in [0.29, 0.717) is 0 Å². The van der Waals surface area contributed by atoms with Gasteiger partial charge in [0.25, 0.3) is 0 Å².